The molecular formula is C20H21F2N3O2S. The van der Waals surface area contributed by atoms with Gasteiger partial charge in [-0.1, -0.05) is 18.2 Å². The van der Waals surface area contributed by atoms with Gasteiger partial charge < -0.3 is 15.5 Å². The Morgan fingerprint density at radius 1 is 1.11 bits per heavy atom. The summed E-state index contributed by atoms with van der Waals surface area (Å²) in [6.07, 6.45) is -0.838. The van der Waals surface area contributed by atoms with Crippen LogP contribution in [0.25, 0.3) is 10.4 Å². The molecule has 0 aliphatic carbocycles. The molecule has 5 rings (SSSR count). The van der Waals surface area contributed by atoms with E-state index in [0.717, 1.165) is 37.4 Å². The van der Waals surface area contributed by atoms with Crippen LogP contribution in [-0.2, 0) is 4.79 Å². The number of amides is 2. The summed E-state index contributed by atoms with van der Waals surface area (Å²) >= 11 is 1.29. The van der Waals surface area contributed by atoms with Crippen molar-refractivity contribution in [2.75, 3.05) is 25.0 Å². The zero-order chi connectivity index (χ0) is 19.7. The average Bonchev–Trinajstić information content (AvgIpc) is 3.19. The minimum Gasteiger partial charge on any atom is -0.347 e. The van der Waals surface area contributed by atoms with Gasteiger partial charge in [0.2, 0.25) is 0 Å². The minimum atomic E-state index is -3.08. The van der Waals surface area contributed by atoms with Gasteiger partial charge in [0.15, 0.2) is 0 Å². The lowest BCUT2D eigenvalue weighted by molar-refractivity contribution is -0.126. The van der Waals surface area contributed by atoms with E-state index in [4.69, 9.17) is 0 Å². The number of alkyl halides is 2. The molecule has 2 amide bonds. The Labute approximate surface area is 165 Å². The number of anilines is 1. The second kappa shape index (κ2) is 7.97. The third-order valence-electron chi connectivity index (χ3n) is 5.45. The van der Waals surface area contributed by atoms with Crippen LogP contribution in [0.5, 0.6) is 0 Å². The van der Waals surface area contributed by atoms with Crippen LogP contribution in [0.15, 0.2) is 36.4 Å². The van der Waals surface area contributed by atoms with Gasteiger partial charge in [0.25, 0.3) is 11.8 Å². The Kier molecular flexibility index (Phi) is 5.41. The zero-order valence-corrected chi connectivity index (χ0v) is 16.0. The number of para-hydroxylation sites is 1. The number of piperidine rings is 3. The lowest BCUT2D eigenvalue weighted by Crippen LogP contribution is -2.57. The number of nitrogens with one attached hydrogen (secondary N) is 2. The molecule has 148 valence electrons. The SMILES string of the molecule is O=C(NC1CN2CCC1CC2)c1ccc(-c2ccccc2NC(=O)C(F)F)s1. The highest BCUT2D eigenvalue weighted by Crippen LogP contribution is 2.34. The van der Waals surface area contributed by atoms with Crippen molar-refractivity contribution in [3.63, 3.8) is 0 Å². The molecule has 4 heterocycles. The normalized spacial score (nSPS) is 23.6. The number of carbonyl (C=O) groups excluding carboxylic acids is 2. The molecule has 3 aliphatic rings. The fourth-order valence-corrected chi connectivity index (χ4v) is 4.92. The van der Waals surface area contributed by atoms with Gasteiger partial charge >= 0.3 is 6.43 Å². The van der Waals surface area contributed by atoms with E-state index in [2.05, 4.69) is 15.5 Å². The first-order valence-electron chi connectivity index (χ1n) is 9.33. The molecule has 0 saturated carbocycles. The Hall–Kier alpha value is -2.32. The molecule has 1 atom stereocenters. The first kappa shape index (κ1) is 19.0. The molecule has 2 bridgehead atoms. The van der Waals surface area contributed by atoms with E-state index in [9.17, 15) is 18.4 Å². The van der Waals surface area contributed by atoms with Crippen LogP contribution in [0.2, 0.25) is 0 Å². The lowest BCUT2D eigenvalue weighted by atomic mass is 9.84. The van der Waals surface area contributed by atoms with Crippen LogP contribution < -0.4 is 10.6 Å². The molecule has 2 aromatic rings. The molecule has 5 nitrogen and oxygen atoms in total. The third-order valence-corrected chi connectivity index (χ3v) is 6.57. The number of nitrogens with zero attached hydrogens (tertiary/aromatic N) is 1. The van der Waals surface area contributed by atoms with E-state index in [1.54, 1.807) is 36.4 Å². The zero-order valence-electron chi connectivity index (χ0n) is 15.2. The Morgan fingerprint density at radius 3 is 2.54 bits per heavy atom. The van der Waals surface area contributed by atoms with Crippen molar-refractivity contribution in [1.82, 2.24) is 10.2 Å². The van der Waals surface area contributed by atoms with Crippen LogP contribution in [0.3, 0.4) is 0 Å². The van der Waals surface area contributed by atoms with E-state index in [-0.39, 0.29) is 11.9 Å². The number of thiophene rings is 1. The number of halogens is 2. The summed E-state index contributed by atoms with van der Waals surface area (Å²) in [6.45, 7) is 3.12. The maximum absolute atomic E-state index is 12.7. The van der Waals surface area contributed by atoms with Crippen molar-refractivity contribution in [3.8, 4) is 10.4 Å². The van der Waals surface area contributed by atoms with Crippen LogP contribution in [0.4, 0.5) is 14.5 Å². The fraction of sp³-hybridized carbons (Fsp3) is 0.400. The maximum atomic E-state index is 12.7. The van der Waals surface area contributed by atoms with E-state index < -0.39 is 12.3 Å². The van der Waals surface area contributed by atoms with Crippen LogP contribution >= 0.6 is 11.3 Å². The second-order valence-electron chi connectivity index (χ2n) is 7.22. The van der Waals surface area contributed by atoms with Crippen LogP contribution in [-0.4, -0.2) is 48.8 Å². The van der Waals surface area contributed by atoms with E-state index >= 15 is 0 Å². The molecule has 3 saturated heterocycles. The molecule has 1 aromatic heterocycles. The molecule has 1 aromatic carbocycles. The molecule has 3 aliphatic heterocycles. The first-order valence-corrected chi connectivity index (χ1v) is 10.1. The summed E-state index contributed by atoms with van der Waals surface area (Å²) in [5, 5.41) is 5.40. The van der Waals surface area contributed by atoms with E-state index in [1.165, 1.54) is 11.3 Å². The Balaban J connectivity index is 1.49. The monoisotopic (exact) mass is 405 g/mol. The molecule has 2 N–H and O–H groups in total. The molecule has 8 heteroatoms. The van der Waals surface area contributed by atoms with Crippen LogP contribution in [0, 0.1) is 5.92 Å². The van der Waals surface area contributed by atoms with Crippen molar-refractivity contribution in [2.24, 2.45) is 5.92 Å². The van der Waals surface area contributed by atoms with Gasteiger partial charge in [0.05, 0.1) is 4.88 Å². The Bertz CT molecular complexity index is 878. The molecule has 3 fully saturated rings. The number of rotatable bonds is 5. The maximum Gasteiger partial charge on any atom is 0.315 e. The van der Waals surface area contributed by atoms with Gasteiger partial charge in [-0.3, -0.25) is 9.59 Å². The van der Waals surface area contributed by atoms with Crippen molar-refractivity contribution < 1.29 is 18.4 Å². The number of benzene rings is 1. The number of hydrogen-bond acceptors (Lipinski definition) is 4. The number of carbonyl (C=O) groups is 2. The lowest BCUT2D eigenvalue weighted by Gasteiger charge is -2.44. The van der Waals surface area contributed by atoms with Gasteiger partial charge in [0, 0.05) is 28.7 Å². The summed E-state index contributed by atoms with van der Waals surface area (Å²) in [7, 11) is 0. The molecule has 28 heavy (non-hydrogen) atoms. The molecule has 0 radical (unpaired) electrons. The van der Waals surface area contributed by atoms with Gasteiger partial charge in [-0.05, 0) is 50.0 Å². The predicted molar refractivity (Wildman–Crippen MR) is 105 cm³/mol. The highest BCUT2D eigenvalue weighted by molar-refractivity contribution is 7.17. The van der Waals surface area contributed by atoms with Gasteiger partial charge in [-0.25, -0.2) is 0 Å². The summed E-state index contributed by atoms with van der Waals surface area (Å²) in [5.41, 5.74) is 0.919. The minimum absolute atomic E-state index is 0.107. The fourth-order valence-electron chi connectivity index (χ4n) is 3.97. The Morgan fingerprint density at radius 2 is 1.86 bits per heavy atom. The largest absolute Gasteiger partial charge is 0.347 e. The number of fused-ring (bicyclic) bond motifs is 3. The van der Waals surface area contributed by atoms with E-state index in [1.807, 2.05) is 0 Å². The summed E-state index contributed by atoms with van der Waals surface area (Å²) in [4.78, 5) is 27.8. The van der Waals surface area contributed by atoms with Gasteiger partial charge in [-0.15, -0.1) is 11.3 Å². The quantitative estimate of drug-likeness (QED) is 0.801. The molecule has 0 spiro atoms. The number of hydrogen-bond donors (Lipinski definition) is 2. The van der Waals surface area contributed by atoms with Crippen molar-refractivity contribution in [3.05, 3.63) is 41.3 Å². The van der Waals surface area contributed by atoms with E-state index in [0.29, 0.717) is 22.0 Å². The highest BCUT2D eigenvalue weighted by Gasteiger charge is 2.35. The predicted octanol–water partition coefficient (Wildman–Crippen LogP) is 3.44. The van der Waals surface area contributed by atoms with Crippen molar-refractivity contribution in [2.45, 2.75) is 25.3 Å². The third kappa shape index (κ3) is 3.93. The first-order chi connectivity index (χ1) is 13.5. The summed E-state index contributed by atoms with van der Waals surface area (Å²) < 4.78 is 25.2. The molecule has 1 unspecified atom stereocenters. The molecular weight excluding hydrogens is 384 g/mol. The summed E-state index contributed by atoms with van der Waals surface area (Å²) in [5.74, 6) is -0.910. The topological polar surface area (TPSA) is 61.4 Å². The van der Waals surface area contributed by atoms with Crippen molar-refractivity contribution >= 4 is 28.8 Å². The average molecular weight is 405 g/mol. The van der Waals surface area contributed by atoms with Crippen LogP contribution in [0.1, 0.15) is 22.5 Å². The van der Waals surface area contributed by atoms with Gasteiger partial charge in [-0.2, -0.15) is 8.78 Å². The van der Waals surface area contributed by atoms with Crippen molar-refractivity contribution in [1.29, 1.82) is 0 Å². The smallest absolute Gasteiger partial charge is 0.315 e. The second-order valence-corrected chi connectivity index (χ2v) is 8.30. The van der Waals surface area contributed by atoms with Gasteiger partial charge in [0.1, 0.15) is 0 Å². The standard InChI is InChI=1S/C20H21F2N3O2S/c21-18(22)20(27)23-14-4-2-1-3-13(14)16-5-6-17(28-16)19(26)24-15-11-25-9-7-12(15)8-10-25/h1-6,12,15,18H,7-11H2,(H,23,27)(H,24,26). The summed E-state index contributed by atoms with van der Waals surface area (Å²) in [6, 6.07) is 10.4. The highest BCUT2D eigenvalue weighted by atomic mass is 32.1.